The molecular formula is C15H28N2O4S. The number of nitrogens with zero attached hydrogens (tertiary/aromatic N) is 1. The lowest BCUT2D eigenvalue weighted by Gasteiger charge is -2.31. The summed E-state index contributed by atoms with van der Waals surface area (Å²) in [5, 5.41) is -0.334. The monoisotopic (exact) mass is 332 g/mol. The molecule has 0 unspecified atom stereocenters. The van der Waals surface area contributed by atoms with E-state index in [0.717, 1.165) is 12.8 Å². The lowest BCUT2D eigenvalue weighted by Crippen LogP contribution is -2.53. The van der Waals surface area contributed by atoms with E-state index in [2.05, 4.69) is 4.72 Å². The van der Waals surface area contributed by atoms with Gasteiger partial charge in [0, 0.05) is 13.1 Å². The van der Waals surface area contributed by atoms with E-state index < -0.39 is 16.1 Å². The molecule has 1 heterocycles. The zero-order chi connectivity index (χ0) is 16.2. The molecule has 1 atom stereocenters. The van der Waals surface area contributed by atoms with Gasteiger partial charge in [0.15, 0.2) is 0 Å². The van der Waals surface area contributed by atoms with Crippen molar-refractivity contribution in [3.63, 3.8) is 0 Å². The molecule has 0 aromatic heterocycles. The number of rotatable bonds is 6. The molecule has 0 radical (unpaired) electrons. The van der Waals surface area contributed by atoms with Gasteiger partial charge in [0.05, 0.1) is 18.5 Å². The Balaban J connectivity index is 2.06. The zero-order valence-corrected chi connectivity index (χ0v) is 14.4. The van der Waals surface area contributed by atoms with Crippen LogP contribution in [-0.4, -0.2) is 56.8 Å². The van der Waals surface area contributed by atoms with Crippen LogP contribution in [0.4, 0.5) is 0 Å². The van der Waals surface area contributed by atoms with Gasteiger partial charge in [0.2, 0.25) is 15.9 Å². The highest BCUT2D eigenvalue weighted by Crippen LogP contribution is 2.25. The molecule has 0 aromatic carbocycles. The standard InChI is InChI=1S/C15H28N2O4S/c1-12(2)11-14(15(18)17-7-9-21-10-8-17)16-22(19,20)13-5-3-4-6-13/h12-14,16H,3-11H2,1-2H3/t14-/m0/s1. The largest absolute Gasteiger partial charge is 0.378 e. The molecule has 1 saturated carbocycles. The summed E-state index contributed by atoms with van der Waals surface area (Å²) in [6.45, 7) is 6.13. The first kappa shape index (κ1) is 17.7. The van der Waals surface area contributed by atoms with Crippen molar-refractivity contribution in [2.75, 3.05) is 26.3 Å². The fourth-order valence-corrected chi connectivity index (χ4v) is 4.91. The molecule has 0 aromatic rings. The van der Waals surface area contributed by atoms with E-state index >= 15 is 0 Å². The van der Waals surface area contributed by atoms with Gasteiger partial charge in [-0.05, 0) is 25.2 Å². The van der Waals surface area contributed by atoms with E-state index in [1.807, 2.05) is 13.8 Å². The Bertz CT molecular complexity index is 466. The fourth-order valence-electron chi connectivity index (χ4n) is 3.17. The Hall–Kier alpha value is -0.660. The molecule has 1 saturated heterocycles. The summed E-state index contributed by atoms with van der Waals surface area (Å²) in [7, 11) is -3.42. The molecular weight excluding hydrogens is 304 g/mol. The van der Waals surface area contributed by atoms with Crippen molar-refractivity contribution < 1.29 is 17.9 Å². The number of carbonyl (C=O) groups is 1. The Kier molecular flexibility index (Phi) is 6.23. The number of carbonyl (C=O) groups excluding carboxylic acids is 1. The summed E-state index contributed by atoms with van der Waals surface area (Å²) >= 11 is 0. The van der Waals surface area contributed by atoms with Crippen molar-refractivity contribution in [3.05, 3.63) is 0 Å². The average molecular weight is 332 g/mol. The third-order valence-corrected chi connectivity index (χ3v) is 6.34. The quantitative estimate of drug-likeness (QED) is 0.791. The Morgan fingerprint density at radius 3 is 2.36 bits per heavy atom. The number of ether oxygens (including phenoxy) is 1. The lowest BCUT2D eigenvalue weighted by atomic mass is 10.0. The van der Waals surface area contributed by atoms with Crippen molar-refractivity contribution in [1.29, 1.82) is 0 Å². The van der Waals surface area contributed by atoms with Crippen molar-refractivity contribution in [1.82, 2.24) is 9.62 Å². The molecule has 0 bridgehead atoms. The number of amides is 1. The fraction of sp³-hybridized carbons (Fsp3) is 0.933. The number of nitrogens with one attached hydrogen (secondary N) is 1. The van der Waals surface area contributed by atoms with Gasteiger partial charge in [0.25, 0.3) is 0 Å². The number of sulfonamides is 1. The van der Waals surface area contributed by atoms with E-state index in [4.69, 9.17) is 4.74 Å². The molecule has 2 aliphatic rings. The third kappa shape index (κ3) is 4.67. The van der Waals surface area contributed by atoms with Gasteiger partial charge in [-0.3, -0.25) is 4.79 Å². The van der Waals surface area contributed by atoms with Gasteiger partial charge in [-0.25, -0.2) is 13.1 Å². The first-order valence-electron chi connectivity index (χ1n) is 8.28. The third-order valence-electron chi connectivity index (χ3n) is 4.38. The maximum Gasteiger partial charge on any atom is 0.240 e. The predicted octanol–water partition coefficient (Wildman–Crippen LogP) is 1.12. The second-order valence-corrected chi connectivity index (χ2v) is 8.68. The van der Waals surface area contributed by atoms with E-state index in [-0.39, 0.29) is 17.1 Å². The van der Waals surface area contributed by atoms with Crippen LogP contribution in [0.25, 0.3) is 0 Å². The molecule has 1 aliphatic heterocycles. The normalized spacial score (nSPS) is 22.2. The summed E-state index contributed by atoms with van der Waals surface area (Å²) < 4.78 is 33.0. The Morgan fingerprint density at radius 1 is 1.23 bits per heavy atom. The first-order chi connectivity index (χ1) is 10.4. The summed E-state index contributed by atoms with van der Waals surface area (Å²) in [5.74, 6) is 0.139. The van der Waals surface area contributed by atoms with Crippen LogP contribution >= 0.6 is 0 Å². The molecule has 7 heteroatoms. The van der Waals surface area contributed by atoms with Gasteiger partial charge in [-0.15, -0.1) is 0 Å². The highest BCUT2D eigenvalue weighted by Gasteiger charge is 2.35. The predicted molar refractivity (Wildman–Crippen MR) is 85.0 cm³/mol. The molecule has 1 aliphatic carbocycles. The topological polar surface area (TPSA) is 75.7 Å². The van der Waals surface area contributed by atoms with Crippen molar-refractivity contribution in [3.8, 4) is 0 Å². The van der Waals surface area contributed by atoms with E-state index in [1.54, 1.807) is 4.90 Å². The van der Waals surface area contributed by atoms with E-state index in [0.29, 0.717) is 45.6 Å². The molecule has 1 N–H and O–H groups in total. The van der Waals surface area contributed by atoms with Crippen LogP contribution in [0.15, 0.2) is 0 Å². The Labute approximate surface area is 133 Å². The van der Waals surface area contributed by atoms with Gasteiger partial charge in [-0.2, -0.15) is 0 Å². The SMILES string of the molecule is CC(C)C[C@H](NS(=O)(=O)C1CCCC1)C(=O)N1CCOCC1. The van der Waals surface area contributed by atoms with Gasteiger partial charge >= 0.3 is 0 Å². The number of morpholine rings is 1. The van der Waals surface area contributed by atoms with Crippen molar-refractivity contribution >= 4 is 15.9 Å². The molecule has 0 spiro atoms. The average Bonchev–Trinajstić information content (AvgIpc) is 3.01. The van der Waals surface area contributed by atoms with Crippen LogP contribution in [0, 0.1) is 5.92 Å². The number of hydrogen-bond donors (Lipinski definition) is 1. The minimum atomic E-state index is -3.42. The maximum atomic E-state index is 12.7. The van der Waals surface area contributed by atoms with Crippen molar-refractivity contribution in [2.24, 2.45) is 5.92 Å². The molecule has 2 rings (SSSR count). The van der Waals surface area contributed by atoms with Crippen LogP contribution in [-0.2, 0) is 19.6 Å². The van der Waals surface area contributed by atoms with E-state index in [1.165, 1.54) is 0 Å². The highest BCUT2D eigenvalue weighted by molar-refractivity contribution is 7.90. The van der Waals surface area contributed by atoms with Crippen LogP contribution < -0.4 is 4.72 Å². The van der Waals surface area contributed by atoms with E-state index in [9.17, 15) is 13.2 Å². The minimum absolute atomic E-state index is 0.112. The summed E-state index contributed by atoms with van der Waals surface area (Å²) in [6.07, 6.45) is 3.85. The first-order valence-corrected chi connectivity index (χ1v) is 9.82. The molecule has 2 fully saturated rings. The van der Waals surface area contributed by atoms with Crippen LogP contribution in [0.3, 0.4) is 0 Å². The zero-order valence-electron chi connectivity index (χ0n) is 13.6. The van der Waals surface area contributed by atoms with Gasteiger partial charge in [-0.1, -0.05) is 26.7 Å². The van der Waals surface area contributed by atoms with Crippen LogP contribution in [0.5, 0.6) is 0 Å². The second kappa shape index (κ2) is 7.75. The number of hydrogen-bond acceptors (Lipinski definition) is 4. The molecule has 128 valence electrons. The van der Waals surface area contributed by atoms with Crippen molar-refractivity contribution in [2.45, 2.75) is 57.2 Å². The smallest absolute Gasteiger partial charge is 0.240 e. The van der Waals surface area contributed by atoms with Crippen LogP contribution in [0.2, 0.25) is 0 Å². The summed E-state index contributed by atoms with van der Waals surface area (Å²) in [4.78, 5) is 14.4. The van der Waals surface area contributed by atoms with Gasteiger partial charge < -0.3 is 9.64 Å². The summed E-state index contributed by atoms with van der Waals surface area (Å²) in [5.41, 5.74) is 0. The highest BCUT2D eigenvalue weighted by atomic mass is 32.2. The minimum Gasteiger partial charge on any atom is -0.378 e. The van der Waals surface area contributed by atoms with Gasteiger partial charge in [0.1, 0.15) is 6.04 Å². The molecule has 6 nitrogen and oxygen atoms in total. The molecule has 22 heavy (non-hydrogen) atoms. The Morgan fingerprint density at radius 2 is 1.82 bits per heavy atom. The van der Waals surface area contributed by atoms with Crippen LogP contribution in [0.1, 0.15) is 46.0 Å². The lowest BCUT2D eigenvalue weighted by molar-refractivity contribution is -0.137. The summed E-state index contributed by atoms with van der Waals surface area (Å²) in [6, 6.07) is -0.649. The molecule has 1 amide bonds. The second-order valence-electron chi connectivity index (χ2n) is 6.69. The maximum absolute atomic E-state index is 12.7.